The van der Waals surface area contributed by atoms with Crippen molar-refractivity contribution >= 4 is 54.3 Å². The molecule has 0 unspecified atom stereocenters. The van der Waals surface area contributed by atoms with Crippen molar-refractivity contribution < 1.29 is 15.4 Å². The molecule has 0 spiro atoms. The largest absolute Gasteiger partial charge is 0.456 e. The lowest BCUT2D eigenvalue weighted by Crippen LogP contribution is -1.91. The minimum Gasteiger partial charge on any atom is -0.456 e. The van der Waals surface area contributed by atoms with Crippen molar-refractivity contribution in [1.82, 2.24) is 0 Å². The van der Waals surface area contributed by atoms with Crippen LogP contribution in [0, 0.1) is 0 Å². The predicted molar refractivity (Wildman–Crippen MR) is 157 cm³/mol. The van der Waals surface area contributed by atoms with Gasteiger partial charge >= 0.3 is 0 Å². The number of benzene rings is 7. The molecule has 0 saturated heterocycles. The third-order valence-corrected chi connectivity index (χ3v) is 7.08. The summed E-state index contributed by atoms with van der Waals surface area (Å²) in [5.74, 6) is 0. The van der Waals surface area contributed by atoms with E-state index < -0.39 is 24.2 Å². The highest BCUT2D eigenvalue weighted by Gasteiger charge is 2.17. The molecular weight excluding hydrogens is 448 g/mol. The maximum atomic E-state index is 9.16. The maximum Gasteiger partial charge on any atom is 0.135 e. The molecule has 1 nitrogen and oxygen atoms in total. The van der Waals surface area contributed by atoms with Crippen LogP contribution < -0.4 is 0 Å². The lowest BCUT2D eigenvalue weighted by molar-refractivity contribution is 0.669. The Kier molecular flexibility index (Phi) is 2.96. The van der Waals surface area contributed by atoms with E-state index in [1.165, 1.54) is 0 Å². The topological polar surface area (TPSA) is 13.1 Å². The number of rotatable bonds is 2. The standard InChI is InChI=1S/C36H22O/c1-2-10-24-21-25(18-17-23(24)9-1)35-28-12-3-5-14-30(28)36(31-15-6-4-13-29(31)35)26-19-20-34-32(22-26)27-11-7-8-16-33(27)37-34/h1-22H/i3D,4D,5D,6D,12D,13D,14D,15D. The van der Waals surface area contributed by atoms with E-state index in [1.807, 2.05) is 72.8 Å². The molecule has 0 radical (unpaired) electrons. The first-order valence-corrected chi connectivity index (χ1v) is 12.0. The fraction of sp³-hybridized carbons (Fsp3) is 0. The molecule has 0 saturated carbocycles. The molecule has 1 heterocycles. The van der Waals surface area contributed by atoms with Gasteiger partial charge in [0.2, 0.25) is 0 Å². The third kappa shape index (κ3) is 3.04. The molecular formula is C36H22O. The van der Waals surface area contributed by atoms with Crippen LogP contribution in [-0.2, 0) is 0 Å². The van der Waals surface area contributed by atoms with Crippen LogP contribution in [0.15, 0.2) is 138 Å². The summed E-state index contributed by atoms with van der Waals surface area (Å²) in [6.45, 7) is 0. The zero-order valence-electron chi connectivity index (χ0n) is 27.5. The molecule has 37 heavy (non-hydrogen) atoms. The number of hydrogen-bond acceptors (Lipinski definition) is 1. The normalized spacial score (nSPS) is 14.8. The Morgan fingerprint density at radius 1 is 0.432 bits per heavy atom. The minimum absolute atomic E-state index is 0.189. The van der Waals surface area contributed by atoms with E-state index in [9.17, 15) is 0 Å². The van der Waals surface area contributed by atoms with Gasteiger partial charge in [0, 0.05) is 10.8 Å². The van der Waals surface area contributed by atoms with Gasteiger partial charge in [0.25, 0.3) is 0 Å². The molecule has 172 valence electrons. The van der Waals surface area contributed by atoms with Crippen LogP contribution in [0.4, 0.5) is 0 Å². The molecule has 0 aliphatic heterocycles. The Hall–Kier alpha value is -4.88. The van der Waals surface area contributed by atoms with Gasteiger partial charge in [0.05, 0.1) is 11.0 Å². The van der Waals surface area contributed by atoms with E-state index in [0.717, 1.165) is 21.5 Å². The first-order valence-electron chi connectivity index (χ1n) is 16.0. The summed E-state index contributed by atoms with van der Waals surface area (Å²) in [5.41, 5.74) is 3.10. The van der Waals surface area contributed by atoms with Gasteiger partial charge in [-0.05, 0) is 78.8 Å². The van der Waals surface area contributed by atoms with Gasteiger partial charge in [-0.1, -0.05) is 109 Å². The molecule has 0 fully saturated rings. The van der Waals surface area contributed by atoms with Crippen LogP contribution in [0.5, 0.6) is 0 Å². The SMILES string of the molecule is [2H]c1c([2H])c([2H])c2c(-c3ccc4oc5ccccc5c4c3)c3c([2H])c([2H])c([2H])c([2H])c3c(-c3ccc4ccccc4c3)c2c1[2H]. The third-order valence-electron chi connectivity index (χ3n) is 7.08. The molecule has 8 aromatic rings. The van der Waals surface area contributed by atoms with E-state index in [-0.39, 0.29) is 45.7 Å². The zero-order chi connectivity index (χ0) is 31.3. The summed E-state index contributed by atoms with van der Waals surface area (Å²) >= 11 is 0. The van der Waals surface area contributed by atoms with Gasteiger partial charge in [-0.2, -0.15) is 0 Å². The summed E-state index contributed by atoms with van der Waals surface area (Å²) in [6, 6.07) is 23.6. The van der Waals surface area contributed by atoms with Gasteiger partial charge in [-0.25, -0.2) is 0 Å². The molecule has 0 bridgehead atoms. The molecule has 7 aromatic carbocycles. The van der Waals surface area contributed by atoms with Crippen molar-refractivity contribution in [2.45, 2.75) is 0 Å². The summed E-state index contributed by atoms with van der Waals surface area (Å²) in [5, 5.41) is 4.27. The lowest BCUT2D eigenvalue weighted by atomic mass is 9.85. The Bertz CT molecular complexity index is 2500. The van der Waals surface area contributed by atoms with Crippen LogP contribution >= 0.6 is 0 Å². The molecule has 1 heteroatoms. The van der Waals surface area contributed by atoms with E-state index in [2.05, 4.69) is 0 Å². The van der Waals surface area contributed by atoms with Gasteiger partial charge in [0.15, 0.2) is 0 Å². The summed E-state index contributed by atoms with van der Waals surface area (Å²) in [6.07, 6.45) is 0. The van der Waals surface area contributed by atoms with Gasteiger partial charge in [0.1, 0.15) is 11.2 Å². The monoisotopic (exact) mass is 478 g/mol. The first-order chi connectivity index (χ1) is 21.7. The second-order valence-electron chi connectivity index (χ2n) is 9.12. The highest BCUT2D eigenvalue weighted by atomic mass is 16.3. The van der Waals surface area contributed by atoms with Crippen LogP contribution in [0.25, 0.3) is 76.5 Å². The Balaban J connectivity index is 1.66. The van der Waals surface area contributed by atoms with Crippen molar-refractivity contribution in [1.29, 1.82) is 0 Å². The van der Waals surface area contributed by atoms with Crippen molar-refractivity contribution in [3.05, 3.63) is 133 Å². The van der Waals surface area contributed by atoms with Crippen LogP contribution in [0.2, 0.25) is 0 Å². The highest BCUT2D eigenvalue weighted by Crippen LogP contribution is 2.45. The highest BCUT2D eigenvalue weighted by molar-refractivity contribution is 6.22. The Labute approximate surface area is 225 Å². The van der Waals surface area contributed by atoms with E-state index in [4.69, 9.17) is 15.4 Å². The quantitative estimate of drug-likeness (QED) is 0.225. The molecule has 0 amide bonds. The average molecular weight is 479 g/mol. The predicted octanol–water partition coefficient (Wildman–Crippen LogP) is 10.4. The molecule has 8 rings (SSSR count). The zero-order valence-corrected chi connectivity index (χ0v) is 19.5. The molecule has 0 aliphatic carbocycles. The summed E-state index contributed by atoms with van der Waals surface area (Å²) < 4.78 is 77.2. The fourth-order valence-electron chi connectivity index (χ4n) is 5.43. The summed E-state index contributed by atoms with van der Waals surface area (Å²) in [7, 11) is 0. The smallest absolute Gasteiger partial charge is 0.135 e. The van der Waals surface area contributed by atoms with Crippen molar-refractivity contribution in [3.63, 3.8) is 0 Å². The van der Waals surface area contributed by atoms with Crippen molar-refractivity contribution in [2.24, 2.45) is 0 Å². The maximum absolute atomic E-state index is 9.16. The Morgan fingerprint density at radius 3 is 1.68 bits per heavy atom. The van der Waals surface area contributed by atoms with E-state index >= 15 is 0 Å². The molecule has 1 aromatic heterocycles. The van der Waals surface area contributed by atoms with Crippen molar-refractivity contribution in [3.8, 4) is 22.3 Å². The molecule has 0 aliphatic rings. The minimum atomic E-state index is -0.423. The molecule has 0 N–H and O–H groups in total. The van der Waals surface area contributed by atoms with Gasteiger partial charge < -0.3 is 4.42 Å². The van der Waals surface area contributed by atoms with Crippen molar-refractivity contribution in [2.75, 3.05) is 0 Å². The first kappa shape index (κ1) is 14.0. The lowest BCUT2D eigenvalue weighted by Gasteiger charge is -2.18. The molecule has 0 atom stereocenters. The van der Waals surface area contributed by atoms with Crippen LogP contribution in [0.1, 0.15) is 11.0 Å². The van der Waals surface area contributed by atoms with Crippen LogP contribution in [-0.4, -0.2) is 0 Å². The van der Waals surface area contributed by atoms with Crippen LogP contribution in [0.3, 0.4) is 0 Å². The summed E-state index contributed by atoms with van der Waals surface area (Å²) in [4.78, 5) is 0. The second kappa shape index (κ2) is 7.81. The van der Waals surface area contributed by atoms with E-state index in [1.54, 1.807) is 12.1 Å². The average Bonchev–Trinajstić information content (AvgIpc) is 3.44. The Morgan fingerprint density at radius 2 is 0.973 bits per heavy atom. The van der Waals surface area contributed by atoms with E-state index in [0.29, 0.717) is 33.4 Å². The number of fused-ring (bicyclic) bond motifs is 6. The second-order valence-corrected chi connectivity index (χ2v) is 9.12. The number of hydrogen-bond donors (Lipinski definition) is 0. The fourth-order valence-corrected chi connectivity index (χ4v) is 5.43. The van der Waals surface area contributed by atoms with Gasteiger partial charge in [-0.3, -0.25) is 0 Å². The van der Waals surface area contributed by atoms with Gasteiger partial charge in [-0.15, -0.1) is 0 Å². The number of furan rings is 1. The number of para-hydroxylation sites is 1.